The molecule has 0 spiro atoms. The monoisotopic (exact) mass is 273 g/mol. The number of halogens is 1. The van der Waals surface area contributed by atoms with Gasteiger partial charge in [0.15, 0.2) is 0 Å². The molecule has 0 saturated carbocycles. The Morgan fingerprint density at radius 3 is 2.57 bits per heavy atom. The Hall–Kier alpha value is 0.01000. The third-order valence-corrected chi connectivity index (χ3v) is 3.77. The van der Waals surface area contributed by atoms with Crippen molar-refractivity contribution in [3.8, 4) is 0 Å². The third-order valence-electron chi connectivity index (χ3n) is 2.04. The van der Waals surface area contributed by atoms with E-state index in [0.29, 0.717) is 6.04 Å². The first-order valence-corrected chi connectivity index (χ1v) is 6.75. The predicted molar refractivity (Wildman–Crippen MR) is 68.6 cm³/mol. The Kier molecular flexibility index (Phi) is 5.60. The van der Waals surface area contributed by atoms with Crippen LogP contribution in [-0.4, -0.2) is 11.8 Å². The van der Waals surface area contributed by atoms with Crippen molar-refractivity contribution in [3.63, 3.8) is 0 Å². The molecule has 1 aromatic carbocycles. The second-order valence-corrected chi connectivity index (χ2v) is 5.26. The van der Waals surface area contributed by atoms with Crippen LogP contribution in [0.4, 0.5) is 0 Å². The van der Waals surface area contributed by atoms with Crippen LogP contribution in [0.5, 0.6) is 0 Å². The van der Waals surface area contributed by atoms with Gasteiger partial charge in [-0.2, -0.15) is 11.8 Å². The molecular weight excluding hydrogens is 258 g/mol. The van der Waals surface area contributed by atoms with Gasteiger partial charge >= 0.3 is 0 Å². The zero-order valence-electron chi connectivity index (χ0n) is 8.37. The summed E-state index contributed by atoms with van der Waals surface area (Å²) in [6.07, 6.45) is 1.06. The molecule has 0 aliphatic rings. The quantitative estimate of drug-likeness (QED) is 0.890. The Morgan fingerprint density at radius 1 is 1.36 bits per heavy atom. The largest absolute Gasteiger partial charge is 0.327 e. The Morgan fingerprint density at radius 2 is 2.00 bits per heavy atom. The summed E-state index contributed by atoms with van der Waals surface area (Å²) in [5.74, 6) is 2.10. The molecule has 0 heterocycles. The van der Waals surface area contributed by atoms with Crippen LogP contribution >= 0.6 is 27.7 Å². The van der Waals surface area contributed by atoms with Crippen LogP contribution in [0.2, 0.25) is 0 Å². The van der Waals surface area contributed by atoms with Gasteiger partial charge in [0, 0.05) is 22.0 Å². The summed E-state index contributed by atoms with van der Waals surface area (Å²) in [5.41, 5.74) is 7.20. The van der Waals surface area contributed by atoms with Crippen molar-refractivity contribution in [1.82, 2.24) is 0 Å². The van der Waals surface area contributed by atoms with Crippen LogP contribution in [0.15, 0.2) is 28.7 Å². The molecule has 14 heavy (non-hydrogen) atoms. The van der Waals surface area contributed by atoms with Gasteiger partial charge in [-0.3, -0.25) is 0 Å². The normalized spacial score (nSPS) is 12.8. The second kappa shape index (κ2) is 6.49. The van der Waals surface area contributed by atoms with Crippen LogP contribution in [0.3, 0.4) is 0 Å². The number of rotatable bonds is 5. The smallest absolute Gasteiger partial charge is 0.0185 e. The molecule has 0 aromatic heterocycles. The van der Waals surface area contributed by atoms with Crippen molar-refractivity contribution in [1.29, 1.82) is 0 Å². The minimum Gasteiger partial charge on any atom is -0.327 e. The maximum atomic E-state index is 5.83. The summed E-state index contributed by atoms with van der Waals surface area (Å²) in [7, 11) is 0. The molecule has 1 nitrogen and oxygen atoms in total. The van der Waals surface area contributed by atoms with Crippen molar-refractivity contribution in [2.24, 2.45) is 5.73 Å². The van der Waals surface area contributed by atoms with Gasteiger partial charge < -0.3 is 5.73 Å². The first kappa shape index (κ1) is 12.1. The molecule has 0 aliphatic carbocycles. The van der Waals surface area contributed by atoms with E-state index in [0.717, 1.165) is 22.4 Å². The van der Waals surface area contributed by atoms with E-state index in [1.807, 2.05) is 11.8 Å². The van der Waals surface area contributed by atoms with Crippen LogP contribution in [-0.2, 0) is 5.75 Å². The first-order valence-electron chi connectivity index (χ1n) is 4.80. The van der Waals surface area contributed by atoms with Crippen LogP contribution in [0.1, 0.15) is 18.9 Å². The Bertz CT molecular complexity index is 260. The van der Waals surface area contributed by atoms with Gasteiger partial charge in [0.2, 0.25) is 0 Å². The average Bonchev–Trinajstić information content (AvgIpc) is 2.21. The summed E-state index contributed by atoms with van der Waals surface area (Å²) in [4.78, 5) is 0. The highest BCUT2D eigenvalue weighted by molar-refractivity contribution is 9.10. The van der Waals surface area contributed by atoms with E-state index in [1.165, 1.54) is 5.56 Å². The van der Waals surface area contributed by atoms with Crippen molar-refractivity contribution in [3.05, 3.63) is 34.3 Å². The van der Waals surface area contributed by atoms with Crippen molar-refractivity contribution in [2.75, 3.05) is 5.75 Å². The van der Waals surface area contributed by atoms with Crippen LogP contribution < -0.4 is 5.73 Å². The van der Waals surface area contributed by atoms with Gasteiger partial charge in [0.25, 0.3) is 0 Å². The molecular formula is C11H16BrNS. The summed E-state index contributed by atoms with van der Waals surface area (Å²) < 4.78 is 1.14. The minimum absolute atomic E-state index is 0.343. The molecule has 0 saturated heterocycles. The Balaban J connectivity index is 2.28. The van der Waals surface area contributed by atoms with Crippen molar-refractivity contribution >= 4 is 27.7 Å². The van der Waals surface area contributed by atoms with Crippen LogP contribution in [0.25, 0.3) is 0 Å². The van der Waals surface area contributed by atoms with E-state index in [9.17, 15) is 0 Å². The molecule has 78 valence electrons. The minimum atomic E-state index is 0.343. The molecule has 0 aliphatic heterocycles. The summed E-state index contributed by atoms with van der Waals surface area (Å²) in [6.45, 7) is 2.13. The summed E-state index contributed by atoms with van der Waals surface area (Å²) in [6, 6.07) is 8.80. The zero-order valence-corrected chi connectivity index (χ0v) is 10.8. The van der Waals surface area contributed by atoms with Crippen molar-refractivity contribution in [2.45, 2.75) is 25.1 Å². The summed E-state index contributed by atoms with van der Waals surface area (Å²) >= 11 is 5.33. The van der Waals surface area contributed by atoms with Gasteiger partial charge in [-0.15, -0.1) is 0 Å². The van der Waals surface area contributed by atoms with Gasteiger partial charge in [-0.1, -0.05) is 35.0 Å². The molecule has 0 amide bonds. The fourth-order valence-corrected chi connectivity index (χ4v) is 2.38. The highest BCUT2D eigenvalue weighted by Crippen LogP contribution is 2.16. The van der Waals surface area contributed by atoms with E-state index in [2.05, 4.69) is 47.1 Å². The fourth-order valence-electron chi connectivity index (χ4n) is 1.03. The lowest BCUT2D eigenvalue weighted by atomic mass is 10.2. The number of hydrogen-bond donors (Lipinski definition) is 1. The molecule has 1 unspecified atom stereocenters. The lowest BCUT2D eigenvalue weighted by Gasteiger charge is -2.07. The molecule has 0 fully saturated rings. The second-order valence-electron chi connectivity index (χ2n) is 3.31. The van der Waals surface area contributed by atoms with E-state index < -0.39 is 0 Å². The maximum Gasteiger partial charge on any atom is 0.0185 e. The van der Waals surface area contributed by atoms with Crippen molar-refractivity contribution < 1.29 is 0 Å². The van der Waals surface area contributed by atoms with Crippen LogP contribution in [0, 0.1) is 0 Å². The lowest BCUT2D eigenvalue weighted by molar-refractivity contribution is 0.725. The molecule has 1 rings (SSSR count). The molecule has 2 N–H and O–H groups in total. The molecule has 1 aromatic rings. The highest BCUT2D eigenvalue weighted by atomic mass is 79.9. The average molecular weight is 274 g/mol. The number of benzene rings is 1. The van der Waals surface area contributed by atoms with Gasteiger partial charge in [-0.05, 0) is 24.1 Å². The van der Waals surface area contributed by atoms with Gasteiger partial charge in [0.1, 0.15) is 0 Å². The standard InChI is InChI=1S/C11H16BrNS/c1-2-11(13)8-14-7-9-3-5-10(12)6-4-9/h3-6,11H,2,7-8,13H2,1H3. The van der Waals surface area contributed by atoms with E-state index in [1.54, 1.807) is 0 Å². The van der Waals surface area contributed by atoms with E-state index in [4.69, 9.17) is 5.73 Å². The number of nitrogens with two attached hydrogens (primary N) is 1. The Labute approximate surface area is 98.6 Å². The molecule has 1 atom stereocenters. The molecule has 3 heteroatoms. The van der Waals surface area contributed by atoms with E-state index in [-0.39, 0.29) is 0 Å². The van der Waals surface area contributed by atoms with E-state index >= 15 is 0 Å². The molecule has 0 bridgehead atoms. The third kappa shape index (κ3) is 4.49. The fraction of sp³-hybridized carbons (Fsp3) is 0.455. The maximum absolute atomic E-state index is 5.83. The summed E-state index contributed by atoms with van der Waals surface area (Å²) in [5, 5.41) is 0. The predicted octanol–water partition coefficient (Wildman–Crippen LogP) is 3.42. The highest BCUT2D eigenvalue weighted by Gasteiger charge is 1.99. The number of hydrogen-bond acceptors (Lipinski definition) is 2. The molecule has 0 radical (unpaired) electrons. The topological polar surface area (TPSA) is 26.0 Å². The SMILES string of the molecule is CCC(N)CSCc1ccc(Br)cc1. The zero-order chi connectivity index (χ0) is 10.4. The number of thioether (sulfide) groups is 1. The van der Waals surface area contributed by atoms with Gasteiger partial charge in [0.05, 0.1) is 0 Å². The lowest BCUT2D eigenvalue weighted by Crippen LogP contribution is -2.21. The first-order chi connectivity index (χ1) is 6.72. The van der Waals surface area contributed by atoms with Gasteiger partial charge in [-0.25, -0.2) is 0 Å².